The minimum Gasteiger partial charge on any atom is -0.497 e. The smallest absolute Gasteiger partial charge is 0.407 e. The van der Waals surface area contributed by atoms with E-state index >= 15 is 0 Å². The van der Waals surface area contributed by atoms with Crippen LogP contribution in [0, 0.1) is 5.41 Å². The summed E-state index contributed by atoms with van der Waals surface area (Å²) in [7, 11) is 1.63. The standard InChI is InChI=1S/C22H27ClN2O4/c1-21(2,3)29-20(26)25-13-22(9-10-22)14-28-17-11-18(19(23)24-12-17)15-5-7-16(27-4)8-6-15/h5-8,11-12H,9-10,13-14H2,1-4H3,(H,25,26). The van der Waals surface area contributed by atoms with E-state index in [1.807, 2.05) is 51.1 Å². The summed E-state index contributed by atoms with van der Waals surface area (Å²) in [4.78, 5) is 16.1. The second-order valence-electron chi connectivity index (χ2n) is 8.38. The maximum absolute atomic E-state index is 11.9. The van der Waals surface area contributed by atoms with Crippen LogP contribution in [0.2, 0.25) is 5.15 Å². The number of alkyl carbamates (subject to hydrolysis) is 1. The first-order valence-electron chi connectivity index (χ1n) is 9.59. The van der Waals surface area contributed by atoms with Crippen molar-refractivity contribution >= 4 is 17.7 Å². The SMILES string of the molecule is COc1ccc(-c2cc(OCC3(CNC(=O)OC(C)(C)C)CC3)cnc2Cl)cc1. The first kappa shape index (κ1) is 21.2. The third-order valence-electron chi connectivity index (χ3n) is 4.72. The Hall–Kier alpha value is -2.47. The zero-order chi connectivity index (χ0) is 21.1. The van der Waals surface area contributed by atoms with E-state index in [9.17, 15) is 4.79 Å². The number of carbonyl (C=O) groups excluding carboxylic acids is 1. The van der Waals surface area contributed by atoms with Gasteiger partial charge in [-0.3, -0.25) is 0 Å². The van der Waals surface area contributed by atoms with Crippen LogP contribution in [0.3, 0.4) is 0 Å². The summed E-state index contributed by atoms with van der Waals surface area (Å²) in [5.74, 6) is 1.42. The molecule has 2 aromatic rings. The summed E-state index contributed by atoms with van der Waals surface area (Å²) in [6.45, 7) is 6.55. The van der Waals surface area contributed by atoms with Crippen LogP contribution in [-0.2, 0) is 4.74 Å². The van der Waals surface area contributed by atoms with Crippen LogP contribution in [0.1, 0.15) is 33.6 Å². The van der Waals surface area contributed by atoms with Gasteiger partial charge in [0.15, 0.2) is 0 Å². The first-order valence-corrected chi connectivity index (χ1v) is 9.97. The van der Waals surface area contributed by atoms with Gasteiger partial charge in [-0.15, -0.1) is 0 Å². The van der Waals surface area contributed by atoms with Gasteiger partial charge in [0.1, 0.15) is 22.3 Å². The summed E-state index contributed by atoms with van der Waals surface area (Å²) in [5, 5.41) is 3.26. The molecule has 0 atom stereocenters. The number of aromatic nitrogens is 1. The number of nitrogens with one attached hydrogen (secondary N) is 1. The van der Waals surface area contributed by atoms with Crippen LogP contribution in [0.15, 0.2) is 36.5 Å². The number of carbonyl (C=O) groups is 1. The van der Waals surface area contributed by atoms with Crippen molar-refractivity contribution in [3.63, 3.8) is 0 Å². The molecule has 6 nitrogen and oxygen atoms in total. The lowest BCUT2D eigenvalue weighted by Gasteiger charge is -2.22. The van der Waals surface area contributed by atoms with Crippen molar-refractivity contribution in [1.29, 1.82) is 0 Å². The average molecular weight is 419 g/mol. The van der Waals surface area contributed by atoms with Crippen molar-refractivity contribution in [1.82, 2.24) is 10.3 Å². The highest BCUT2D eigenvalue weighted by atomic mass is 35.5. The van der Waals surface area contributed by atoms with Crippen molar-refractivity contribution in [3.8, 4) is 22.6 Å². The predicted molar refractivity (Wildman–Crippen MR) is 113 cm³/mol. The van der Waals surface area contributed by atoms with Crippen LogP contribution in [0.5, 0.6) is 11.5 Å². The Labute approximate surface area is 176 Å². The molecule has 0 saturated heterocycles. The first-order chi connectivity index (χ1) is 13.7. The van der Waals surface area contributed by atoms with Crippen molar-refractivity contribution in [2.75, 3.05) is 20.3 Å². The topological polar surface area (TPSA) is 69.7 Å². The summed E-state index contributed by atoms with van der Waals surface area (Å²) in [6, 6.07) is 9.49. The lowest BCUT2D eigenvalue weighted by atomic mass is 10.1. The van der Waals surface area contributed by atoms with E-state index in [-0.39, 0.29) is 5.41 Å². The second-order valence-corrected chi connectivity index (χ2v) is 8.74. The van der Waals surface area contributed by atoms with E-state index in [0.717, 1.165) is 29.7 Å². The Bertz CT molecular complexity index is 858. The average Bonchev–Trinajstić information content (AvgIpc) is 3.45. The molecule has 1 aliphatic rings. The summed E-state index contributed by atoms with van der Waals surface area (Å²) < 4.78 is 16.5. The molecule has 1 heterocycles. The molecule has 0 aliphatic heterocycles. The summed E-state index contributed by atoms with van der Waals surface area (Å²) in [5.41, 5.74) is 1.16. The molecule has 1 aliphatic carbocycles. The van der Waals surface area contributed by atoms with Gasteiger partial charge in [-0.1, -0.05) is 23.7 Å². The predicted octanol–water partition coefficient (Wildman–Crippen LogP) is 5.09. The molecule has 1 aromatic carbocycles. The van der Waals surface area contributed by atoms with E-state index in [4.69, 9.17) is 25.8 Å². The Kier molecular flexibility index (Phi) is 6.22. The molecular formula is C22H27ClN2O4. The molecule has 0 radical (unpaired) electrons. The highest BCUT2D eigenvalue weighted by Gasteiger charge is 2.44. The Morgan fingerprint density at radius 2 is 1.90 bits per heavy atom. The molecule has 1 saturated carbocycles. The van der Waals surface area contributed by atoms with E-state index in [1.54, 1.807) is 13.3 Å². The van der Waals surface area contributed by atoms with Gasteiger partial charge in [-0.05, 0) is 57.4 Å². The number of ether oxygens (including phenoxy) is 3. The highest BCUT2D eigenvalue weighted by Crippen LogP contribution is 2.45. The zero-order valence-electron chi connectivity index (χ0n) is 17.3. The van der Waals surface area contributed by atoms with Crippen molar-refractivity contribution in [2.24, 2.45) is 5.41 Å². The molecule has 3 rings (SSSR count). The van der Waals surface area contributed by atoms with E-state index in [2.05, 4.69) is 10.3 Å². The van der Waals surface area contributed by atoms with Crippen LogP contribution in [-0.4, -0.2) is 36.9 Å². The Morgan fingerprint density at radius 1 is 1.21 bits per heavy atom. The van der Waals surface area contributed by atoms with Gasteiger partial charge in [0.05, 0.1) is 19.9 Å². The number of pyridine rings is 1. The van der Waals surface area contributed by atoms with E-state index in [0.29, 0.717) is 24.1 Å². The molecule has 0 unspecified atom stereocenters. The van der Waals surface area contributed by atoms with Gasteiger partial charge < -0.3 is 19.5 Å². The van der Waals surface area contributed by atoms with Gasteiger partial charge in [-0.25, -0.2) is 9.78 Å². The fourth-order valence-electron chi connectivity index (χ4n) is 2.84. The number of hydrogen-bond acceptors (Lipinski definition) is 5. The van der Waals surface area contributed by atoms with Crippen molar-refractivity contribution < 1.29 is 19.0 Å². The van der Waals surface area contributed by atoms with Gasteiger partial charge in [0.2, 0.25) is 0 Å². The highest BCUT2D eigenvalue weighted by molar-refractivity contribution is 6.32. The molecule has 1 N–H and O–H groups in total. The van der Waals surface area contributed by atoms with Gasteiger partial charge >= 0.3 is 6.09 Å². The van der Waals surface area contributed by atoms with Crippen LogP contribution in [0.4, 0.5) is 4.79 Å². The van der Waals surface area contributed by atoms with Gasteiger partial charge in [0, 0.05) is 17.5 Å². The number of benzene rings is 1. The monoisotopic (exact) mass is 418 g/mol. The van der Waals surface area contributed by atoms with Crippen LogP contribution < -0.4 is 14.8 Å². The lowest BCUT2D eigenvalue weighted by molar-refractivity contribution is 0.0509. The van der Waals surface area contributed by atoms with Crippen LogP contribution >= 0.6 is 11.6 Å². The van der Waals surface area contributed by atoms with Gasteiger partial charge in [0.25, 0.3) is 0 Å². The number of rotatable bonds is 7. The van der Waals surface area contributed by atoms with Gasteiger partial charge in [-0.2, -0.15) is 0 Å². The largest absolute Gasteiger partial charge is 0.497 e. The van der Waals surface area contributed by atoms with E-state index < -0.39 is 11.7 Å². The third-order valence-corrected chi connectivity index (χ3v) is 5.02. The second kappa shape index (κ2) is 8.49. The fraction of sp³-hybridized carbons (Fsp3) is 0.455. The third kappa shape index (κ3) is 6.00. The number of methoxy groups -OCH3 is 1. The molecule has 0 bridgehead atoms. The molecule has 1 aromatic heterocycles. The maximum Gasteiger partial charge on any atom is 0.407 e. The Morgan fingerprint density at radius 3 is 2.48 bits per heavy atom. The number of nitrogens with zero attached hydrogens (tertiary/aromatic N) is 1. The lowest BCUT2D eigenvalue weighted by Crippen LogP contribution is -2.37. The molecule has 29 heavy (non-hydrogen) atoms. The number of amides is 1. The summed E-state index contributed by atoms with van der Waals surface area (Å²) in [6.07, 6.45) is 3.20. The maximum atomic E-state index is 11.9. The number of hydrogen-bond donors (Lipinski definition) is 1. The molecule has 156 valence electrons. The quantitative estimate of drug-likeness (QED) is 0.634. The minimum atomic E-state index is -0.510. The fourth-order valence-corrected chi connectivity index (χ4v) is 3.05. The number of halogens is 1. The van der Waals surface area contributed by atoms with Crippen molar-refractivity contribution in [3.05, 3.63) is 41.7 Å². The van der Waals surface area contributed by atoms with Crippen LogP contribution in [0.25, 0.3) is 11.1 Å². The minimum absolute atomic E-state index is 0.0587. The normalized spacial score (nSPS) is 14.8. The zero-order valence-corrected chi connectivity index (χ0v) is 18.0. The van der Waals surface area contributed by atoms with E-state index in [1.165, 1.54) is 0 Å². The Balaban J connectivity index is 1.60. The molecular weight excluding hydrogens is 392 g/mol. The molecule has 7 heteroatoms. The molecule has 1 fully saturated rings. The molecule has 0 spiro atoms. The van der Waals surface area contributed by atoms with Crippen molar-refractivity contribution in [2.45, 2.75) is 39.2 Å². The molecule has 1 amide bonds. The summed E-state index contributed by atoms with van der Waals surface area (Å²) >= 11 is 6.28.